The van der Waals surface area contributed by atoms with Gasteiger partial charge in [-0.25, -0.2) is 0 Å². The lowest BCUT2D eigenvalue weighted by atomic mass is 9.92. The van der Waals surface area contributed by atoms with Crippen LogP contribution in [0.25, 0.3) is 0 Å². The van der Waals surface area contributed by atoms with Crippen molar-refractivity contribution in [2.75, 3.05) is 0 Å². The molecule has 0 amide bonds. The predicted octanol–water partition coefficient (Wildman–Crippen LogP) is 5.18. The molecule has 106 valence electrons. The number of aryl methyl sites for hydroxylation is 2. The van der Waals surface area contributed by atoms with E-state index in [4.69, 9.17) is 0 Å². The van der Waals surface area contributed by atoms with Crippen LogP contribution in [0.15, 0.2) is 53.6 Å². The number of allylic oxidation sites excluding steroid dienone is 6. The van der Waals surface area contributed by atoms with Crippen molar-refractivity contribution in [1.29, 1.82) is 0 Å². The summed E-state index contributed by atoms with van der Waals surface area (Å²) in [5, 5.41) is 0. The zero-order valence-corrected chi connectivity index (χ0v) is 12.9. The standard InChI is InChI=1S/C19H25N/c1-4-17-9-5-7-15(2)11-12-18(17)13-14-19-10-6-8-16(3)20-19/h5-10,12,15H,4,11,13-14H2,1-3H3/b7-5-,17-9+,18-12-. The van der Waals surface area contributed by atoms with Crippen molar-refractivity contribution in [3.8, 4) is 0 Å². The Bertz CT molecular complexity index is 534. The third kappa shape index (κ3) is 4.19. The van der Waals surface area contributed by atoms with Crippen molar-refractivity contribution in [3.05, 3.63) is 65.0 Å². The number of pyridine rings is 1. The van der Waals surface area contributed by atoms with Crippen LogP contribution < -0.4 is 0 Å². The van der Waals surface area contributed by atoms with E-state index in [-0.39, 0.29) is 0 Å². The van der Waals surface area contributed by atoms with Crippen LogP contribution in [-0.4, -0.2) is 4.98 Å². The normalized spacial score (nSPS) is 25.9. The molecule has 0 radical (unpaired) electrons. The third-order valence-electron chi connectivity index (χ3n) is 3.86. The fraction of sp³-hybridized carbons (Fsp3) is 0.421. The fourth-order valence-electron chi connectivity index (χ4n) is 2.62. The minimum absolute atomic E-state index is 0.636. The molecule has 2 rings (SSSR count). The van der Waals surface area contributed by atoms with E-state index in [1.807, 2.05) is 0 Å². The first-order valence-corrected chi connectivity index (χ1v) is 7.68. The molecule has 0 bridgehead atoms. The lowest BCUT2D eigenvalue weighted by molar-refractivity contribution is 0.732. The predicted molar refractivity (Wildman–Crippen MR) is 86.7 cm³/mol. The molecule has 0 aliphatic heterocycles. The highest BCUT2D eigenvalue weighted by Crippen LogP contribution is 2.24. The first-order chi connectivity index (χ1) is 9.69. The van der Waals surface area contributed by atoms with E-state index in [0.717, 1.165) is 31.4 Å². The van der Waals surface area contributed by atoms with Gasteiger partial charge in [-0.1, -0.05) is 44.2 Å². The summed E-state index contributed by atoms with van der Waals surface area (Å²) in [4.78, 5) is 4.60. The molecule has 1 aromatic heterocycles. The van der Waals surface area contributed by atoms with Crippen molar-refractivity contribution in [2.24, 2.45) is 5.92 Å². The van der Waals surface area contributed by atoms with E-state index in [0.29, 0.717) is 5.92 Å². The van der Waals surface area contributed by atoms with Crippen LogP contribution in [0.1, 0.15) is 44.5 Å². The van der Waals surface area contributed by atoms with Crippen LogP contribution >= 0.6 is 0 Å². The summed E-state index contributed by atoms with van der Waals surface area (Å²) in [7, 11) is 0. The van der Waals surface area contributed by atoms with E-state index in [2.05, 4.69) is 68.3 Å². The molecule has 0 fully saturated rings. The first kappa shape index (κ1) is 14.8. The molecule has 1 nitrogen and oxygen atoms in total. The molecule has 1 heterocycles. The second kappa shape index (κ2) is 7.23. The molecule has 1 heteroatoms. The average molecular weight is 267 g/mol. The highest BCUT2D eigenvalue weighted by Gasteiger charge is 2.07. The molecule has 1 aromatic rings. The van der Waals surface area contributed by atoms with Crippen molar-refractivity contribution in [2.45, 2.75) is 46.5 Å². The molecule has 1 aliphatic rings. The molecule has 1 unspecified atom stereocenters. The number of aromatic nitrogens is 1. The van der Waals surface area contributed by atoms with Gasteiger partial charge in [0.1, 0.15) is 0 Å². The first-order valence-electron chi connectivity index (χ1n) is 7.68. The summed E-state index contributed by atoms with van der Waals surface area (Å²) in [5.74, 6) is 0.636. The van der Waals surface area contributed by atoms with Crippen LogP contribution in [0, 0.1) is 12.8 Å². The zero-order chi connectivity index (χ0) is 14.4. The largest absolute Gasteiger partial charge is 0.258 e. The van der Waals surface area contributed by atoms with Gasteiger partial charge in [0.15, 0.2) is 0 Å². The lowest BCUT2D eigenvalue weighted by Crippen LogP contribution is -1.99. The molecule has 0 spiro atoms. The molecule has 0 saturated carbocycles. The van der Waals surface area contributed by atoms with Gasteiger partial charge in [-0.2, -0.15) is 0 Å². The van der Waals surface area contributed by atoms with Gasteiger partial charge in [-0.15, -0.1) is 0 Å². The van der Waals surface area contributed by atoms with Crippen LogP contribution in [0.3, 0.4) is 0 Å². The maximum Gasteiger partial charge on any atom is 0.0410 e. The van der Waals surface area contributed by atoms with Crippen molar-refractivity contribution in [3.63, 3.8) is 0 Å². The Hall–Kier alpha value is -1.63. The van der Waals surface area contributed by atoms with Gasteiger partial charge >= 0.3 is 0 Å². The number of hydrogen-bond acceptors (Lipinski definition) is 1. The van der Waals surface area contributed by atoms with Crippen LogP contribution in [0.2, 0.25) is 0 Å². The van der Waals surface area contributed by atoms with E-state index in [1.54, 1.807) is 0 Å². The third-order valence-corrected chi connectivity index (χ3v) is 3.86. The lowest BCUT2D eigenvalue weighted by Gasteiger charge is -2.14. The topological polar surface area (TPSA) is 12.9 Å². The summed E-state index contributed by atoms with van der Waals surface area (Å²) in [6, 6.07) is 6.29. The molecule has 0 aromatic carbocycles. The number of nitrogens with zero attached hydrogens (tertiary/aromatic N) is 1. The molecule has 1 aliphatic carbocycles. The maximum absolute atomic E-state index is 4.60. The Balaban J connectivity index is 2.09. The zero-order valence-electron chi connectivity index (χ0n) is 12.9. The minimum atomic E-state index is 0.636. The molecular formula is C19H25N. The summed E-state index contributed by atoms with van der Waals surface area (Å²) in [6.45, 7) is 6.57. The number of hydrogen-bond donors (Lipinski definition) is 0. The maximum atomic E-state index is 4.60. The van der Waals surface area contributed by atoms with Crippen molar-refractivity contribution < 1.29 is 0 Å². The van der Waals surface area contributed by atoms with E-state index in [9.17, 15) is 0 Å². The summed E-state index contributed by atoms with van der Waals surface area (Å²) < 4.78 is 0. The van der Waals surface area contributed by atoms with Gasteiger partial charge in [-0.05, 0) is 61.8 Å². The monoisotopic (exact) mass is 267 g/mol. The molecule has 20 heavy (non-hydrogen) atoms. The van der Waals surface area contributed by atoms with Gasteiger partial charge in [0.05, 0.1) is 0 Å². The molecule has 1 atom stereocenters. The summed E-state index contributed by atoms with van der Waals surface area (Å²) in [5.41, 5.74) is 5.29. The SMILES string of the molecule is CCC1=C\C=C/C(C)C/C=C\1CCc1cccc(C)n1. The van der Waals surface area contributed by atoms with Crippen LogP contribution in [-0.2, 0) is 6.42 Å². The average Bonchev–Trinajstić information content (AvgIpc) is 2.42. The second-order valence-electron chi connectivity index (χ2n) is 5.64. The highest BCUT2D eigenvalue weighted by molar-refractivity contribution is 5.35. The van der Waals surface area contributed by atoms with E-state index >= 15 is 0 Å². The fourth-order valence-corrected chi connectivity index (χ4v) is 2.62. The minimum Gasteiger partial charge on any atom is -0.258 e. The number of rotatable bonds is 4. The summed E-state index contributed by atoms with van der Waals surface area (Å²) in [6.07, 6.45) is 13.6. The van der Waals surface area contributed by atoms with Crippen LogP contribution in [0.5, 0.6) is 0 Å². The van der Waals surface area contributed by atoms with Gasteiger partial charge in [0.2, 0.25) is 0 Å². The Morgan fingerprint density at radius 3 is 2.80 bits per heavy atom. The Kier molecular flexibility index (Phi) is 5.34. The molecular weight excluding hydrogens is 242 g/mol. The van der Waals surface area contributed by atoms with Gasteiger partial charge < -0.3 is 0 Å². The second-order valence-corrected chi connectivity index (χ2v) is 5.64. The van der Waals surface area contributed by atoms with E-state index in [1.165, 1.54) is 16.8 Å². The van der Waals surface area contributed by atoms with Gasteiger partial charge in [0.25, 0.3) is 0 Å². The summed E-state index contributed by atoms with van der Waals surface area (Å²) >= 11 is 0. The quantitative estimate of drug-likeness (QED) is 0.732. The van der Waals surface area contributed by atoms with Crippen LogP contribution in [0.4, 0.5) is 0 Å². The van der Waals surface area contributed by atoms with Gasteiger partial charge in [0, 0.05) is 11.4 Å². The van der Waals surface area contributed by atoms with Crippen molar-refractivity contribution in [1.82, 2.24) is 4.98 Å². The Labute approximate surface area is 123 Å². The molecule has 0 saturated heterocycles. The highest BCUT2D eigenvalue weighted by atomic mass is 14.7. The van der Waals surface area contributed by atoms with E-state index < -0.39 is 0 Å². The van der Waals surface area contributed by atoms with Crippen molar-refractivity contribution >= 4 is 0 Å². The smallest absolute Gasteiger partial charge is 0.0410 e. The molecule has 0 N–H and O–H groups in total. The van der Waals surface area contributed by atoms with Gasteiger partial charge in [-0.3, -0.25) is 4.98 Å². The Morgan fingerprint density at radius 1 is 1.20 bits per heavy atom. The Morgan fingerprint density at radius 2 is 2.05 bits per heavy atom.